The van der Waals surface area contributed by atoms with E-state index in [0.717, 1.165) is 21.5 Å². The number of halogens is 1. The van der Waals surface area contributed by atoms with Gasteiger partial charge in [-0.25, -0.2) is 14.6 Å². The Morgan fingerprint density at radius 2 is 1.89 bits per heavy atom. The molecule has 0 aliphatic rings. The van der Waals surface area contributed by atoms with Gasteiger partial charge in [0.15, 0.2) is 0 Å². The minimum atomic E-state index is -0.826. The zero-order valence-electron chi connectivity index (χ0n) is 15.3. The topological polar surface area (TPSA) is 81.9 Å². The second-order valence-corrected chi connectivity index (χ2v) is 7.42. The maximum absolute atomic E-state index is 12.4. The molecule has 140 valence electrons. The van der Waals surface area contributed by atoms with Gasteiger partial charge in [0.2, 0.25) is 0 Å². The first-order chi connectivity index (χ1) is 12.9. The lowest BCUT2D eigenvalue weighted by atomic mass is 9.80. The van der Waals surface area contributed by atoms with E-state index in [0.29, 0.717) is 0 Å². The van der Waals surface area contributed by atoms with Gasteiger partial charge in [-0.05, 0) is 59.6 Å². The van der Waals surface area contributed by atoms with Crippen molar-refractivity contribution in [2.75, 3.05) is 12.4 Å². The summed E-state index contributed by atoms with van der Waals surface area (Å²) in [7, 11) is 1.39. The van der Waals surface area contributed by atoms with Gasteiger partial charge >= 0.3 is 5.97 Å². The Balaban J connectivity index is 1.89. The van der Waals surface area contributed by atoms with E-state index in [1.165, 1.54) is 13.4 Å². The molecule has 27 heavy (non-hydrogen) atoms. The number of hydrogen-bond donors (Lipinski definition) is 1. The van der Waals surface area contributed by atoms with E-state index in [1.807, 2.05) is 50.2 Å². The second kappa shape index (κ2) is 7.87. The molecule has 0 spiro atoms. The summed E-state index contributed by atoms with van der Waals surface area (Å²) in [4.78, 5) is 20.6. The Hall–Kier alpha value is -2.74. The Bertz CT molecular complexity index is 893. The van der Waals surface area contributed by atoms with Gasteiger partial charge < -0.3 is 10.1 Å². The van der Waals surface area contributed by atoms with Gasteiger partial charge in [-0.1, -0.05) is 12.1 Å². The van der Waals surface area contributed by atoms with Crippen LogP contribution in [0.25, 0.3) is 0 Å². The molecule has 3 aromatic rings. The molecule has 0 amide bonds. The van der Waals surface area contributed by atoms with Crippen LogP contribution >= 0.6 is 15.9 Å². The third-order valence-corrected chi connectivity index (χ3v) is 4.81. The number of pyridine rings is 1. The van der Waals surface area contributed by atoms with Gasteiger partial charge in [0, 0.05) is 5.69 Å². The van der Waals surface area contributed by atoms with Gasteiger partial charge in [-0.3, -0.25) is 4.79 Å². The molecule has 0 aliphatic carbocycles. The fraction of sp³-hybridized carbons (Fsp3) is 0.263. The summed E-state index contributed by atoms with van der Waals surface area (Å²) < 4.78 is 7.46. The SMILES string of the molecule is COC(=O)C(C)(C)C(c1ccc(Nc2ccc(Br)nc2)cc1)n1cncn1. The molecule has 1 unspecified atom stereocenters. The molecule has 8 heteroatoms. The third-order valence-electron chi connectivity index (χ3n) is 4.34. The second-order valence-electron chi connectivity index (χ2n) is 6.61. The van der Waals surface area contributed by atoms with Crippen LogP contribution in [-0.4, -0.2) is 32.8 Å². The average molecular weight is 430 g/mol. The molecule has 1 atom stereocenters. The molecule has 2 heterocycles. The maximum Gasteiger partial charge on any atom is 0.313 e. The molecule has 1 N–H and O–H groups in total. The summed E-state index contributed by atoms with van der Waals surface area (Å²) in [5.74, 6) is -0.314. The fourth-order valence-corrected chi connectivity index (χ4v) is 3.23. The summed E-state index contributed by atoms with van der Waals surface area (Å²) in [6.07, 6.45) is 4.81. The minimum absolute atomic E-state index is 0.314. The normalized spacial score (nSPS) is 12.4. The predicted molar refractivity (Wildman–Crippen MR) is 106 cm³/mol. The van der Waals surface area contributed by atoms with E-state index in [4.69, 9.17) is 4.74 Å². The van der Waals surface area contributed by atoms with Gasteiger partial charge in [0.25, 0.3) is 0 Å². The number of nitrogens with zero attached hydrogens (tertiary/aromatic N) is 4. The van der Waals surface area contributed by atoms with E-state index in [2.05, 4.69) is 36.3 Å². The van der Waals surface area contributed by atoms with Crippen molar-refractivity contribution in [1.29, 1.82) is 0 Å². The van der Waals surface area contributed by atoms with Crippen LogP contribution in [0, 0.1) is 5.41 Å². The lowest BCUT2D eigenvalue weighted by Gasteiger charge is -2.32. The molecule has 7 nitrogen and oxygen atoms in total. The van der Waals surface area contributed by atoms with E-state index < -0.39 is 5.41 Å². The highest BCUT2D eigenvalue weighted by Crippen LogP contribution is 2.37. The van der Waals surface area contributed by atoms with Crippen molar-refractivity contribution >= 4 is 33.3 Å². The first-order valence-corrected chi connectivity index (χ1v) is 9.12. The third kappa shape index (κ3) is 4.16. The Labute approximate surface area is 165 Å². The lowest BCUT2D eigenvalue weighted by molar-refractivity contribution is -0.152. The molecular weight excluding hydrogens is 410 g/mol. The summed E-state index contributed by atoms with van der Waals surface area (Å²) in [5, 5.41) is 7.54. The average Bonchev–Trinajstić information content (AvgIpc) is 3.18. The molecule has 0 aliphatic heterocycles. The lowest BCUT2D eigenvalue weighted by Crippen LogP contribution is -2.36. The van der Waals surface area contributed by atoms with Crippen molar-refractivity contribution in [2.45, 2.75) is 19.9 Å². The van der Waals surface area contributed by atoms with E-state index >= 15 is 0 Å². The zero-order chi connectivity index (χ0) is 19.4. The van der Waals surface area contributed by atoms with Gasteiger partial charge in [-0.15, -0.1) is 0 Å². The Kier molecular flexibility index (Phi) is 5.55. The molecule has 0 fully saturated rings. The Morgan fingerprint density at radius 1 is 1.19 bits per heavy atom. The van der Waals surface area contributed by atoms with Crippen LogP contribution in [0.1, 0.15) is 25.5 Å². The van der Waals surface area contributed by atoms with Crippen LogP contribution in [0.15, 0.2) is 59.9 Å². The van der Waals surface area contributed by atoms with Crippen LogP contribution < -0.4 is 5.32 Å². The van der Waals surface area contributed by atoms with Crippen molar-refractivity contribution in [2.24, 2.45) is 5.41 Å². The number of carbonyl (C=O) groups is 1. The molecule has 0 saturated carbocycles. The molecule has 2 aromatic heterocycles. The van der Waals surface area contributed by atoms with Crippen LogP contribution in [0.3, 0.4) is 0 Å². The maximum atomic E-state index is 12.4. The molecular formula is C19H20BrN5O2. The molecule has 0 bridgehead atoms. The number of benzene rings is 1. The van der Waals surface area contributed by atoms with Crippen LogP contribution in [0.2, 0.25) is 0 Å². The quantitative estimate of drug-likeness (QED) is 0.471. The monoisotopic (exact) mass is 429 g/mol. The minimum Gasteiger partial charge on any atom is -0.469 e. The largest absolute Gasteiger partial charge is 0.469 e. The van der Waals surface area contributed by atoms with Gasteiger partial charge in [0.05, 0.1) is 30.5 Å². The first kappa shape index (κ1) is 19.0. The van der Waals surface area contributed by atoms with Crippen molar-refractivity contribution in [1.82, 2.24) is 19.7 Å². The number of nitrogens with one attached hydrogen (secondary N) is 1. The highest BCUT2D eigenvalue weighted by Gasteiger charge is 2.40. The van der Waals surface area contributed by atoms with Crippen LogP contribution in [0.4, 0.5) is 11.4 Å². The first-order valence-electron chi connectivity index (χ1n) is 8.33. The standard InChI is InChI=1S/C19H20BrN5O2/c1-19(2,18(26)27-3)17(25-12-21-11-23-25)13-4-6-14(7-5-13)24-15-8-9-16(20)22-10-15/h4-12,17,24H,1-3H3. The smallest absolute Gasteiger partial charge is 0.313 e. The van der Waals surface area contributed by atoms with Gasteiger partial charge in [-0.2, -0.15) is 5.10 Å². The summed E-state index contributed by atoms with van der Waals surface area (Å²) >= 11 is 3.32. The summed E-state index contributed by atoms with van der Waals surface area (Å²) in [5.41, 5.74) is 1.90. The predicted octanol–water partition coefficient (Wildman–Crippen LogP) is 3.97. The van der Waals surface area contributed by atoms with Gasteiger partial charge in [0.1, 0.15) is 17.3 Å². The van der Waals surface area contributed by atoms with Crippen LogP contribution in [-0.2, 0) is 9.53 Å². The molecule has 0 saturated heterocycles. The molecule has 1 aromatic carbocycles. The fourth-order valence-electron chi connectivity index (χ4n) is 2.99. The number of esters is 1. The van der Waals surface area contributed by atoms with E-state index in [1.54, 1.807) is 17.2 Å². The number of aromatic nitrogens is 4. The number of hydrogen-bond acceptors (Lipinski definition) is 6. The number of anilines is 2. The van der Waals surface area contributed by atoms with Crippen molar-refractivity contribution in [3.8, 4) is 0 Å². The van der Waals surface area contributed by atoms with E-state index in [-0.39, 0.29) is 12.0 Å². The number of ether oxygens (including phenoxy) is 1. The molecule has 3 rings (SSSR count). The summed E-state index contributed by atoms with van der Waals surface area (Å²) in [6, 6.07) is 11.3. The van der Waals surface area contributed by atoms with Crippen LogP contribution in [0.5, 0.6) is 0 Å². The van der Waals surface area contributed by atoms with E-state index in [9.17, 15) is 4.79 Å². The van der Waals surface area contributed by atoms with Crippen molar-refractivity contribution in [3.05, 3.63) is 65.4 Å². The Morgan fingerprint density at radius 3 is 2.44 bits per heavy atom. The number of methoxy groups -OCH3 is 1. The summed E-state index contributed by atoms with van der Waals surface area (Å²) in [6.45, 7) is 3.68. The molecule has 0 radical (unpaired) electrons. The number of carbonyl (C=O) groups excluding carboxylic acids is 1. The zero-order valence-corrected chi connectivity index (χ0v) is 16.8. The van der Waals surface area contributed by atoms with Crippen molar-refractivity contribution in [3.63, 3.8) is 0 Å². The van der Waals surface area contributed by atoms with Crippen molar-refractivity contribution < 1.29 is 9.53 Å². The highest BCUT2D eigenvalue weighted by molar-refractivity contribution is 9.10. The highest BCUT2D eigenvalue weighted by atomic mass is 79.9. The number of rotatable bonds is 6.